The fourth-order valence-electron chi connectivity index (χ4n) is 5.59. The standard InChI is InChI=1S/C27H35N6O9P/c1-14(3-8-23(28)35)29-25(37)22-7-5-18-9-10-32(15(2)34)13-21(26(38)33(18)22)31-24(36)20-12-17-11-16(4-6-19(17)30-20)27(39)43(40,41)42/h4,6,11-12,14,18,21-22,30H,3,5,7-10,13H2,1-2H3,(H2,28,35)(H,29,37)(H,31,36)(H2,40,41,42)/t14-,18-,21+,22+/m1/s1. The van der Waals surface area contributed by atoms with Gasteiger partial charge in [-0.25, -0.2) is 0 Å². The molecule has 16 heteroatoms. The highest BCUT2D eigenvalue weighted by Crippen LogP contribution is 2.39. The third-order valence-corrected chi connectivity index (χ3v) is 8.62. The maximum absolute atomic E-state index is 13.9. The number of carbonyl (C=O) groups excluding carboxylic acids is 6. The van der Waals surface area contributed by atoms with Crippen molar-refractivity contribution in [3.63, 3.8) is 0 Å². The van der Waals surface area contributed by atoms with E-state index in [1.54, 1.807) is 6.92 Å². The highest BCUT2D eigenvalue weighted by Gasteiger charge is 2.45. The summed E-state index contributed by atoms with van der Waals surface area (Å²) in [7, 11) is -5.01. The van der Waals surface area contributed by atoms with E-state index in [1.165, 1.54) is 41.0 Å². The number of rotatable bonds is 9. The molecule has 3 heterocycles. The van der Waals surface area contributed by atoms with Crippen LogP contribution in [0.5, 0.6) is 0 Å². The van der Waals surface area contributed by atoms with E-state index >= 15 is 0 Å². The number of aromatic amines is 1. The van der Waals surface area contributed by atoms with E-state index in [-0.39, 0.29) is 48.1 Å². The summed E-state index contributed by atoms with van der Waals surface area (Å²) in [6.45, 7) is 3.31. The summed E-state index contributed by atoms with van der Waals surface area (Å²) in [6, 6.07) is 2.57. The summed E-state index contributed by atoms with van der Waals surface area (Å²) in [5, 5.41) is 5.85. The molecule has 2 saturated heterocycles. The van der Waals surface area contributed by atoms with Crippen molar-refractivity contribution in [3.8, 4) is 0 Å². The van der Waals surface area contributed by atoms with Crippen LogP contribution in [0.2, 0.25) is 0 Å². The van der Waals surface area contributed by atoms with Crippen molar-refractivity contribution in [3.05, 3.63) is 35.5 Å². The average molecular weight is 619 g/mol. The molecule has 232 valence electrons. The van der Waals surface area contributed by atoms with Crippen molar-refractivity contribution in [2.24, 2.45) is 5.73 Å². The van der Waals surface area contributed by atoms with Gasteiger partial charge in [0.15, 0.2) is 0 Å². The van der Waals surface area contributed by atoms with Crippen LogP contribution in [-0.2, 0) is 23.7 Å². The first-order valence-electron chi connectivity index (χ1n) is 13.9. The second-order valence-electron chi connectivity index (χ2n) is 11.0. The maximum Gasteiger partial charge on any atom is 0.396 e. The fraction of sp³-hybridized carbons (Fsp3) is 0.481. The van der Waals surface area contributed by atoms with Crippen LogP contribution in [0.25, 0.3) is 10.9 Å². The number of nitrogens with zero attached hydrogens (tertiary/aromatic N) is 2. The zero-order valence-corrected chi connectivity index (χ0v) is 24.6. The molecule has 15 nitrogen and oxygen atoms in total. The Hall–Kier alpha value is -4.07. The molecule has 2 aromatic rings. The number of benzene rings is 1. The van der Waals surface area contributed by atoms with Crippen molar-refractivity contribution in [2.45, 2.75) is 70.1 Å². The molecule has 43 heavy (non-hydrogen) atoms. The quantitative estimate of drug-likeness (QED) is 0.207. The molecule has 0 spiro atoms. The van der Waals surface area contributed by atoms with Gasteiger partial charge in [-0.2, -0.15) is 0 Å². The molecule has 1 aromatic heterocycles. The number of carbonyl (C=O) groups is 6. The number of nitrogens with one attached hydrogen (secondary N) is 3. The van der Waals surface area contributed by atoms with Gasteiger partial charge in [0.25, 0.3) is 11.4 Å². The molecule has 2 aliphatic rings. The Bertz CT molecular complexity index is 1520. The van der Waals surface area contributed by atoms with Crippen molar-refractivity contribution in [2.75, 3.05) is 13.1 Å². The zero-order chi connectivity index (χ0) is 31.6. The first-order valence-corrected chi connectivity index (χ1v) is 15.5. The van der Waals surface area contributed by atoms with Crippen LogP contribution in [0.1, 0.15) is 66.8 Å². The highest BCUT2D eigenvalue weighted by molar-refractivity contribution is 7.70. The first-order chi connectivity index (χ1) is 20.1. The molecule has 2 aliphatic heterocycles. The number of aromatic nitrogens is 1. The molecule has 1 aromatic carbocycles. The Morgan fingerprint density at radius 2 is 1.86 bits per heavy atom. The molecule has 2 fully saturated rings. The zero-order valence-electron chi connectivity index (χ0n) is 23.7. The van der Waals surface area contributed by atoms with E-state index in [2.05, 4.69) is 15.6 Å². The minimum absolute atomic E-state index is 0.00977. The summed E-state index contributed by atoms with van der Waals surface area (Å²) in [5.41, 5.74) is 4.04. The highest BCUT2D eigenvalue weighted by atomic mass is 31.2. The molecule has 0 unspecified atom stereocenters. The van der Waals surface area contributed by atoms with Gasteiger partial charge in [0.2, 0.25) is 23.6 Å². The van der Waals surface area contributed by atoms with E-state index in [0.29, 0.717) is 43.1 Å². The summed E-state index contributed by atoms with van der Waals surface area (Å²) in [6.07, 6.45) is 1.83. The largest absolute Gasteiger partial charge is 0.396 e. The van der Waals surface area contributed by atoms with Gasteiger partial charge in [-0.3, -0.25) is 33.3 Å². The maximum atomic E-state index is 13.9. The van der Waals surface area contributed by atoms with Crippen LogP contribution < -0.4 is 16.4 Å². The lowest BCUT2D eigenvalue weighted by Crippen LogP contribution is -2.61. The van der Waals surface area contributed by atoms with Crippen LogP contribution in [-0.4, -0.2) is 96.9 Å². The molecule has 7 N–H and O–H groups in total. The summed E-state index contributed by atoms with van der Waals surface area (Å²) in [5.74, 6) is -2.35. The van der Waals surface area contributed by atoms with E-state index < -0.39 is 42.9 Å². The van der Waals surface area contributed by atoms with Crippen LogP contribution in [0.15, 0.2) is 24.3 Å². The topological polar surface area (TPSA) is 232 Å². The smallest absolute Gasteiger partial charge is 0.370 e. The summed E-state index contributed by atoms with van der Waals surface area (Å²) in [4.78, 5) is 100. The van der Waals surface area contributed by atoms with Crippen molar-refractivity contribution in [1.29, 1.82) is 0 Å². The Balaban J connectivity index is 1.56. The Kier molecular flexibility index (Phi) is 9.38. The molecular formula is C27H35N6O9P. The molecule has 5 amide bonds. The van der Waals surface area contributed by atoms with Gasteiger partial charge < -0.3 is 40.9 Å². The van der Waals surface area contributed by atoms with Gasteiger partial charge in [0, 0.05) is 55.0 Å². The van der Waals surface area contributed by atoms with Crippen molar-refractivity contribution in [1.82, 2.24) is 25.4 Å². The predicted octanol–water partition coefficient (Wildman–Crippen LogP) is -0.0338. The van der Waals surface area contributed by atoms with Crippen molar-refractivity contribution < 1.29 is 43.1 Å². The van der Waals surface area contributed by atoms with E-state index in [4.69, 9.17) is 5.73 Å². The van der Waals surface area contributed by atoms with E-state index in [0.717, 1.165) is 0 Å². The Morgan fingerprint density at radius 1 is 1.14 bits per heavy atom. The predicted molar refractivity (Wildman–Crippen MR) is 152 cm³/mol. The summed E-state index contributed by atoms with van der Waals surface area (Å²) >= 11 is 0. The van der Waals surface area contributed by atoms with Gasteiger partial charge in [0.05, 0.1) is 0 Å². The number of nitrogens with two attached hydrogens (primary N) is 1. The van der Waals surface area contributed by atoms with E-state index in [9.17, 15) is 43.1 Å². The lowest BCUT2D eigenvalue weighted by Gasteiger charge is -2.38. The Morgan fingerprint density at radius 3 is 2.51 bits per heavy atom. The van der Waals surface area contributed by atoms with Crippen LogP contribution >= 0.6 is 7.60 Å². The average Bonchev–Trinajstić information content (AvgIpc) is 3.55. The fourth-order valence-corrected chi connectivity index (χ4v) is 6.06. The normalized spacial score (nSPS) is 21.5. The van der Waals surface area contributed by atoms with Gasteiger partial charge >= 0.3 is 7.60 Å². The minimum atomic E-state index is -5.01. The van der Waals surface area contributed by atoms with Gasteiger partial charge in [-0.1, -0.05) is 0 Å². The third kappa shape index (κ3) is 7.29. The van der Waals surface area contributed by atoms with Crippen molar-refractivity contribution >= 4 is 53.6 Å². The number of amides is 5. The lowest BCUT2D eigenvalue weighted by molar-refractivity contribution is -0.145. The number of hydrogen-bond acceptors (Lipinski definition) is 7. The Labute approximate surface area is 246 Å². The van der Waals surface area contributed by atoms with Gasteiger partial charge in [-0.05, 0) is 56.9 Å². The number of primary amides is 1. The van der Waals surface area contributed by atoms with E-state index in [1.807, 2.05) is 0 Å². The summed E-state index contributed by atoms with van der Waals surface area (Å²) < 4.78 is 11.4. The molecular weight excluding hydrogens is 583 g/mol. The molecule has 0 saturated carbocycles. The third-order valence-electron chi connectivity index (χ3n) is 7.83. The molecule has 0 radical (unpaired) electrons. The number of hydrogen-bond donors (Lipinski definition) is 6. The molecule has 4 atom stereocenters. The second-order valence-corrected chi connectivity index (χ2v) is 12.5. The van der Waals surface area contributed by atoms with Gasteiger partial charge in [-0.15, -0.1) is 0 Å². The first kappa shape index (κ1) is 31.9. The minimum Gasteiger partial charge on any atom is -0.370 e. The second kappa shape index (κ2) is 12.7. The molecule has 4 rings (SSSR count). The van der Waals surface area contributed by atoms with Crippen LogP contribution in [0.3, 0.4) is 0 Å². The molecule has 0 aliphatic carbocycles. The van der Waals surface area contributed by atoms with Crippen LogP contribution in [0.4, 0.5) is 0 Å². The lowest BCUT2D eigenvalue weighted by atomic mass is 10.1. The number of H-pyrrole nitrogens is 1. The SMILES string of the molecule is CC(=O)N1CC[C@H]2CC[C@@H](C(=O)N[C@H](C)CCC(N)=O)N2C(=O)[C@@H](NC(=O)c2cc3cc(C(=O)P(=O)(O)O)ccc3[nH]2)C1. The number of fused-ring (bicyclic) bond motifs is 2. The van der Waals surface area contributed by atoms with Crippen LogP contribution in [0, 0.1) is 0 Å². The van der Waals surface area contributed by atoms with Gasteiger partial charge in [0.1, 0.15) is 17.8 Å². The molecule has 0 bridgehead atoms. The monoisotopic (exact) mass is 618 g/mol.